The fourth-order valence-corrected chi connectivity index (χ4v) is 3.56. The van der Waals surface area contributed by atoms with Crippen molar-refractivity contribution < 1.29 is 9.53 Å². The van der Waals surface area contributed by atoms with Crippen molar-refractivity contribution in [1.29, 1.82) is 0 Å². The van der Waals surface area contributed by atoms with Crippen LogP contribution in [-0.2, 0) is 16.0 Å². The van der Waals surface area contributed by atoms with Crippen LogP contribution in [0.25, 0.3) is 0 Å². The lowest BCUT2D eigenvalue weighted by Crippen LogP contribution is -2.47. The van der Waals surface area contributed by atoms with Crippen LogP contribution < -0.4 is 0 Å². The quantitative estimate of drug-likeness (QED) is 0.832. The van der Waals surface area contributed by atoms with Gasteiger partial charge in [0.1, 0.15) is 5.78 Å². The summed E-state index contributed by atoms with van der Waals surface area (Å²) in [4.78, 5) is 12.4. The molecule has 20 heavy (non-hydrogen) atoms. The Morgan fingerprint density at radius 3 is 2.95 bits per heavy atom. The second-order valence-electron chi connectivity index (χ2n) is 6.53. The maximum Gasteiger partial charge on any atom is 0.136 e. The summed E-state index contributed by atoms with van der Waals surface area (Å²) in [5, 5.41) is 0. The van der Waals surface area contributed by atoms with E-state index < -0.39 is 0 Å². The summed E-state index contributed by atoms with van der Waals surface area (Å²) in [5.41, 5.74) is 2.64. The van der Waals surface area contributed by atoms with Crippen LogP contribution in [0.1, 0.15) is 49.7 Å². The lowest BCUT2D eigenvalue weighted by molar-refractivity contribution is -0.155. The third kappa shape index (κ3) is 2.95. The van der Waals surface area contributed by atoms with Crippen molar-refractivity contribution >= 4 is 5.78 Å². The molecular weight excluding hydrogens is 248 g/mol. The first-order valence-corrected chi connectivity index (χ1v) is 7.89. The van der Waals surface area contributed by atoms with Crippen LogP contribution in [0.4, 0.5) is 0 Å². The highest BCUT2D eigenvalue weighted by atomic mass is 16.5. The number of ether oxygens (including phenoxy) is 1. The predicted octanol–water partition coefficient (Wildman–Crippen LogP) is 3.85. The maximum absolute atomic E-state index is 12.4. The van der Waals surface area contributed by atoms with Crippen LogP contribution in [0.15, 0.2) is 24.3 Å². The summed E-state index contributed by atoms with van der Waals surface area (Å²) in [6, 6.07) is 8.49. The van der Waals surface area contributed by atoms with Crippen LogP contribution >= 0.6 is 0 Å². The van der Waals surface area contributed by atoms with Crippen LogP contribution in [-0.4, -0.2) is 18.0 Å². The SMILES string of the molecule is Cc1cccc(CCC(=O)C2CCOC3(CCC3)C2)c1. The Hall–Kier alpha value is -1.15. The normalized spacial score (nSPS) is 24.4. The van der Waals surface area contributed by atoms with Gasteiger partial charge < -0.3 is 4.74 Å². The van der Waals surface area contributed by atoms with Crippen LogP contribution in [0.5, 0.6) is 0 Å². The zero-order valence-electron chi connectivity index (χ0n) is 12.4. The highest BCUT2D eigenvalue weighted by Gasteiger charge is 2.43. The van der Waals surface area contributed by atoms with Gasteiger partial charge in [0.15, 0.2) is 0 Å². The lowest BCUT2D eigenvalue weighted by Gasteiger charge is -2.46. The lowest BCUT2D eigenvalue weighted by atomic mass is 9.71. The van der Waals surface area contributed by atoms with Crippen LogP contribution in [0.3, 0.4) is 0 Å². The Labute approximate surface area is 121 Å². The van der Waals surface area contributed by atoms with Gasteiger partial charge in [-0.15, -0.1) is 0 Å². The van der Waals surface area contributed by atoms with Gasteiger partial charge in [-0.05, 0) is 51.0 Å². The molecule has 2 fully saturated rings. The van der Waals surface area contributed by atoms with Crippen molar-refractivity contribution in [3.8, 4) is 0 Å². The smallest absolute Gasteiger partial charge is 0.136 e. The molecule has 3 rings (SSSR count). The number of ketones is 1. The molecule has 2 aliphatic rings. The zero-order chi connectivity index (χ0) is 14.0. The van der Waals surface area contributed by atoms with E-state index in [1.165, 1.54) is 17.5 Å². The van der Waals surface area contributed by atoms with Gasteiger partial charge >= 0.3 is 0 Å². The molecule has 1 aromatic carbocycles. The number of hydrogen-bond acceptors (Lipinski definition) is 2. The summed E-state index contributed by atoms with van der Waals surface area (Å²) in [6.07, 6.45) is 7.05. The summed E-state index contributed by atoms with van der Waals surface area (Å²) >= 11 is 0. The van der Waals surface area contributed by atoms with Crippen molar-refractivity contribution in [3.63, 3.8) is 0 Å². The Morgan fingerprint density at radius 1 is 1.40 bits per heavy atom. The minimum Gasteiger partial charge on any atom is -0.375 e. The first kappa shape index (κ1) is 13.8. The number of Topliss-reactive ketones (excluding diaryl/α,β-unsaturated/α-hetero) is 1. The van der Waals surface area contributed by atoms with Gasteiger partial charge in [0.25, 0.3) is 0 Å². The topological polar surface area (TPSA) is 26.3 Å². The van der Waals surface area contributed by atoms with Gasteiger partial charge in [-0.3, -0.25) is 4.79 Å². The molecule has 1 saturated carbocycles. The van der Waals surface area contributed by atoms with Crippen LogP contribution in [0.2, 0.25) is 0 Å². The maximum atomic E-state index is 12.4. The molecule has 2 heteroatoms. The average Bonchev–Trinajstić information content (AvgIpc) is 2.43. The number of carbonyl (C=O) groups is 1. The van der Waals surface area contributed by atoms with E-state index >= 15 is 0 Å². The van der Waals surface area contributed by atoms with E-state index in [0.29, 0.717) is 12.2 Å². The number of aryl methyl sites for hydroxylation is 2. The van der Waals surface area contributed by atoms with E-state index in [4.69, 9.17) is 4.74 Å². The van der Waals surface area contributed by atoms with Crippen molar-refractivity contribution in [1.82, 2.24) is 0 Å². The molecule has 0 bridgehead atoms. The summed E-state index contributed by atoms with van der Waals surface area (Å²) in [7, 11) is 0. The Morgan fingerprint density at radius 2 is 2.25 bits per heavy atom. The molecule has 1 spiro atoms. The average molecular weight is 272 g/mol. The number of rotatable bonds is 4. The van der Waals surface area contributed by atoms with Gasteiger partial charge in [-0.25, -0.2) is 0 Å². The van der Waals surface area contributed by atoms with Gasteiger partial charge in [0.05, 0.1) is 5.60 Å². The molecule has 1 saturated heterocycles. The second-order valence-corrected chi connectivity index (χ2v) is 6.53. The predicted molar refractivity (Wildman–Crippen MR) is 79.8 cm³/mol. The van der Waals surface area contributed by atoms with Gasteiger partial charge in [0.2, 0.25) is 0 Å². The highest BCUT2D eigenvalue weighted by molar-refractivity contribution is 5.81. The molecule has 1 unspecified atom stereocenters. The molecule has 0 radical (unpaired) electrons. The van der Waals surface area contributed by atoms with Gasteiger partial charge in [-0.1, -0.05) is 29.8 Å². The highest BCUT2D eigenvalue weighted by Crippen LogP contribution is 2.44. The molecule has 2 nitrogen and oxygen atoms in total. The second kappa shape index (κ2) is 5.69. The largest absolute Gasteiger partial charge is 0.375 e. The summed E-state index contributed by atoms with van der Waals surface area (Å²) < 4.78 is 5.91. The molecular formula is C18H24O2. The monoisotopic (exact) mass is 272 g/mol. The third-order valence-corrected chi connectivity index (χ3v) is 4.96. The van der Waals surface area contributed by atoms with Crippen molar-refractivity contribution in [2.75, 3.05) is 6.61 Å². The first-order chi connectivity index (χ1) is 9.67. The van der Waals surface area contributed by atoms with Crippen LogP contribution in [0, 0.1) is 12.8 Å². The van der Waals surface area contributed by atoms with Crippen molar-refractivity contribution in [2.45, 2.75) is 57.5 Å². The third-order valence-electron chi connectivity index (χ3n) is 4.96. The van der Waals surface area contributed by atoms with E-state index in [0.717, 1.165) is 38.7 Å². The molecule has 1 atom stereocenters. The van der Waals surface area contributed by atoms with E-state index in [1.807, 2.05) is 0 Å². The Bertz CT molecular complexity index is 488. The molecule has 1 aliphatic heterocycles. The summed E-state index contributed by atoms with van der Waals surface area (Å²) in [6.45, 7) is 2.88. The van der Waals surface area contributed by atoms with Gasteiger partial charge in [0, 0.05) is 18.9 Å². The number of hydrogen-bond donors (Lipinski definition) is 0. The molecule has 0 aromatic heterocycles. The standard InChI is InChI=1S/C18H24O2/c1-14-4-2-5-15(12-14)6-7-17(19)16-8-11-20-18(13-16)9-3-10-18/h2,4-5,12,16H,3,6-11,13H2,1H3. The van der Waals surface area contributed by atoms with Gasteiger partial charge in [-0.2, -0.15) is 0 Å². The van der Waals surface area contributed by atoms with Crippen molar-refractivity contribution in [3.05, 3.63) is 35.4 Å². The number of benzene rings is 1. The fraction of sp³-hybridized carbons (Fsp3) is 0.611. The van der Waals surface area contributed by atoms with Crippen molar-refractivity contribution in [2.24, 2.45) is 5.92 Å². The zero-order valence-corrected chi connectivity index (χ0v) is 12.4. The van der Waals surface area contributed by atoms with E-state index in [9.17, 15) is 4.79 Å². The molecule has 0 N–H and O–H groups in total. The minimum atomic E-state index is 0.0852. The van der Waals surface area contributed by atoms with E-state index in [-0.39, 0.29) is 11.5 Å². The Kier molecular flexibility index (Phi) is 3.93. The molecule has 1 heterocycles. The van der Waals surface area contributed by atoms with E-state index in [1.54, 1.807) is 0 Å². The molecule has 1 aliphatic carbocycles. The molecule has 0 amide bonds. The molecule has 108 valence electrons. The first-order valence-electron chi connectivity index (χ1n) is 7.89. The minimum absolute atomic E-state index is 0.0852. The van der Waals surface area contributed by atoms with E-state index in [2.05, 4.69) is 31.2 Å². The fourth-order valence-electron chi connectivity index (χ4n) is 3.56. The number of carbonyl (C=O) groups excluding carboxylic acids is 1. The molecule has 1 aromatic rings. The Balaban J connectivity index is 1.54. The summed E-state index contributed by atoms with van der Waals surface area (Å²) in [5.74, 6) is 0.690.